The van der Waals surface area contributed by atoms with E-state index in [1.165, 1.54) is 0 Å². The van der Waals surface area contributed by atoms with E-state index >= 15 is 0 Å². The lowest BCUT2D eigenvalue weighted by Crippen LogP contribution is -2.29. The summed E-state index contributed by atoms with van der Waals surface area (Å²) in [5, 5.41) is 7.45. The molecule has 3 heterocycles. The van der Waals surface area contributed by atoms with Gasteiger partial charge in [-0.25, -0.2) is 4.79 Å². The Morgan fingerprint density at radius 1 is 1.09 bits per heavy atom. The van der Waals surface area contributed by atoms with Crippen LogP contribution in [0.5, 0.6) is 0 Å². The molecule has 33 heavy (non-hydrogen) atoms. The number of aryl methyl sites for hydroxylation is 1. The molecule has 2 aromatic heterocycles. The average molecular weight is 438 g/mol. The number of nitrogens with one attached hydrogen (secondary N) is 1. The number of pyridine rings is 1. The van der Waals surface area contributed by atoms with Crippen LogP contribution < -0.4 is 4.90 Å². The zero-order valence-electron chi connectivity index (χ0n) is 18.3. The van der Waals surface area contributed by atoms with Gasteiger partial charge in [0, 0.05) is 29.2 Å². The molecule has 4 aromatic rings. The Labute approximate surface area is 191 Å². The van der Waals surface area contributed by atoms with E-state index in [4.69, 9.17) is 4.74 Å². The summed E-state index contributed by atoms with van der Waals surface area (Å²) >= 11 is 0. The summed E-state index contributed by atoms with van der Waals surface area (Å²) in [7, 11) is 0. The standard InChI is InChI=1S/C26H22N4O3/c1-3-33-26(32)18-10-12-20(13-11-18)30-24(19-5-4-14-27-15-19)21-22(28-29-23(21)25(30)31)17-8-6-16(2)7-9-17/h4-15,24H,3H2,1-2H3,(H,28,29)/t24-/m1/s1. The molecule has 1 atom stereocenters. The lowest BCUT2D eigenvalue weighted by atomic mass is 9.96. The van der Waals surface area contributed by atoms with Crippen molar-refractivity contribution in [2.45, 2.75) is 19.9 Å². The number of aromatic amines is 1. The summed E-state index contributed by atoms with van der Waals surface area (Å²) in [4.78, 5) is 31.6. The van der Waals surface area contributed by atoms with Crippen molar-refractivity contribution in [3.05, 3.63) is 101 Å². The molecule has 7 heteroatoms. The number of anilines is 1. The van der Waals surface area contributed by atoms with Crippen LogP contribution >= 0.6 is 0 Å². The summed E-state index contributed by atoms with van der Waals surface area (Å²) in [6.45, 7) is 4.10. The first-order valence-electron chi connectivity index (χ1n) is 10.7. The van der Waals surface area contributed by atoms with Crippen LogP contribution in [0.15, 0.2) is 73.1 Å². The summed E-state index contributed by atoms with van der Waals surface area (Å²) in [6, 6.07) is 18.3. The van der Waals surface area contributed by atoms with Crippen LogP contribution in [-0.4, -0.2) is 33.7 Å². The molecule has 1 N–H and O–H groups in total. The highest BCUT2D eigenvalue weighted by Gasteiger charge is 2.43. The molecule has 164 valence electrons. The number of hydrogen-bond acceptors (Lipinski definition) is 5. The molecule has 0 bridgehead atoms. The topological polar surface area (TPSA) is 88.2 Å². The van der Waals surface area contributed by atoms with E-state index in [-0.39, 0.29) is 5.91 Å². The number of carbonyl (C=O) groups is 2. The Hall–Kier alpha value is -4.26. The van der Waals surface area contributed by atoms with Crippen LogP contribution in [-0.2, 0) is 4.74 Å². The molecule has 0 saturated carbocycles. The number of esters is 1. The third kappa shape index (κ3) is 3.57. The minimum Gasteiger partial charge on any atom is -0.462 e. The smallest absolute Gasteiger partial charge is 0.338 e. The molecule has 5 rings (SSSR count). The Morgan fingerprint density at radius 3 is 2.52 bits per heavy atom. The van der Waals surface area contributed by atoms with Gasteiger partial charge in [0.1, 0.15) is 5.69 Å². The van der Waals surface area contributed by atoms with Crippen molar-refractivity contribution < 1.29 is 14.3 Å². The highest BCUT2D eigenvalue weighted by atomic mass is 16.5. The monoisotopic (exact) mass is 438 g/mol. The molecule has 0 spiro atoms. The quantitative estimate of drug-likeness (QED) is 0.456. The summed E-state index contributed by atoms with van der Waals surface area (Å²) in [5.74, 6) is -0.578. The molecule has 0 fully saturated rings. The summed E-state index contributed by atoms with van der Waals surface area (Å²) in [6.07, 6.45) is 3.47. The molecule has 0 unspecified atom stereocenters. The number of aromatic nitrogens is 3. The number of ether oxygens (including phenoxy) is 1. The number of nitrogens with zero attached hydrogens (tertiary/aromatic N) is 3. The minimum absolute atomic E-state index is 0.186. The SMILES string of the molecule is CCOC(=O)c1ccc(N2C(=O)c3[nH]nc(-c4ccc(C)cc4)c3[C@H]2c2cccnc2)cc1. The second-order valence-corrected chi connectivity index (χ2v) is 7.86. The number of amides is 1. The first-order valence-corrected chi connectivity index (χ1v) is 10.7. The predicted molar refractivity (Wildman–Crippen MR) is 124 cm³/mol. The van der Waals surface area contributed by atoms with E-state index < -0.39 is 12.0 Å². The summed E-state index contributed by atoms with van der Waals surface area (Å²) < 4.78 is 5.08. The Morgan fingerprint density at radius 2 is 1.85 bits per heavy atom. The van der Waals surface area contributed by atoms with E-state index in [2.05, 4.69) is 15.2 Å². The lowest BCUT2D eigenvalue weighted by Gasteiger charge is -2.26. The van der Waals surface area contributed by atoms with Crippen molar-refractivity contribution in [1.82, 2.24) is 15.2 Å². The highest BCUT2D eigenvalue weighted by Crippen LogP contribution is 2.44. The molecule has 1 aliphatic heterocycles. The van der Waals surface area contributed by atoms with Gasteiger partial charge in [-0.05, 0) is 49.7 Å². The van der Waals surface area contributed by atoms with Crippen molar-refractivity contribution in [2.75, 3.05) is 11.5 Å². The average Bonchev–Trinajstić information content (AvgIpc) is 3.39. The molecular weight excluding hydrogens is 416 g/mol. The van der Waals surface area contributed by atoms with Crippen molar-refractivity contribution in [1.29, 1.82) is 0 Å². The highest BCUT2D eigenvalue weighted by molar-refractivity contribution is 6.11. The molecule has 0 saturated heterocycles. The second kappa shape index (κ2) is 8.35. The van der Waals surface area contributed by atoms with Gasteiger partial charge in [-0.2, -0.15) is 5.10 Å². The van der Waals surface area contributed by atoms with Crippen LogP contribution in [0.3, 0.4) is 0 Å². The molecule has 2 aromatic carbocycles. The second-order valence-electron chi connectivity index (χ2n) is 7.86. The largest absolute Gasteiger partial charge is 0.462 e. The Kier molecular flexibility index (Phi) is 5.22. The Bertz CT molecular complexity index is 1310. The third-order valence-corrected chi connectivity index (χ3v) is 5.75. The van der Waals surface area contributed by atoms with Crippen LogP contribution in [0.2, 0.25) is 0 Å². The van der Waals surface area contributed by atoms with Crippen molar-refractivity contribution in [2.24, 2.45) is 0 Å². The zero-order chi connectivity index (χ0) is 22.9. The maximum atomic E-state index is 13.5. The molecule has 7 nitrogen and oxygen atoms in total. The van der Waals surface area contributed by atoms with Crippen LogP contribution in [0.1, 0.15) is 50.5 Å². The van der Waals surface area contributed by atoms with Crippen LogP contribution in [0.4, 0.5) is 5.69 Å². The minimum atomic E-state index is -0.412. The predicted octanol–water partition coefficient (Wildman–Crippen LogP) is 4.71. The first-order chi connectivity index (χ1) is 16.1. The van der Waals surface area contributed by atoms with E-state index in [9.17, 15) is 9.59 Å². The number of fused-ring (bicyclic) bond motifs is 1. The lowest BCUT2D eigenvalue weighted by molar-refractivity contribution is 0.0526. The van der Waals surface area contributed by atoms with E-state index in [1.54, 1.807) is 48.5 Å². The van der Waals surface area contributed by atoms with E-state index in [0.29, 0.717) is 23.6 Å². The molecule has 1 amide bonds. The molecule has 0 aliphatic carbocycles. The van der Waals surface area contributed by atoms with Gasteiger partial charge in [0.05, 0.1) is 23.9 Å². The number of H-pyrrole nitrogens is 1. The molecular formula is C26H22N4O3. The third-order valence-electron chi connectivity index (χ3n) is 5.75. The number of carbonyl (C=O) groups excluding carboxylic acids is 2. The van der Waals surface area contributed by atoms with Gasteiger partial charge < -0.3 is 4.74 Å². The first kappa shape index (κ1) is 20.6. The van der Waals surface area contributed by atoms with Crippen molar-refractivity contribution in [3.8, 4) is 11.3 Å². The van der Waals surface area contributed by atoms with Crippen LogP contribution in [0, 0.1) is 6.92 Å². The van der Waals surface area contributed by atoms with Crippen molar-refractivity contribution in [3.63, 3.8) is 0 Å². The van der Waals surface area contributed by atoms with Gasteiger partial charge in [-0.15, -0.1) is 0 Å². The fraction of sp³-hybridized carbons (Fsp3) is 0.154. The Balaban J connectivity index is 1.62. The van der Waals surface area contributed by atoms with Gasteiger partial charge in [-0.3, -0.25) is 19.8 Å². The van der Waals surface area contributed by atoms with Gasteiger partial charge in [0.15, 0.2) is 0 Å². The number of hydrogen-bond donors (Lipinski definition) is 1. The number of benzene rings is 2. The van der Waals surface area contributed by atoms with Crippen molar-refractivity contribution >= 4 is 17.6 Å². The van der Waals surface area contributed by atoms with Gasteiger partial charge in [0.25, 0.3) is 5.91 Å². The maximum Gasteiger partial charge on any atom is 0.338 e. The fourth-order valence-corrected chi connectivity index (χ4v) is 4.17. The fourth-order valence-electron chi connectivity index (χ4n) is 4.17. The van der Waals surface area contributed by atoms with Gasteiger partial charge in [0.2, 0.25) is 0 Å². The zero-order valence-corrected chi connectivity index (χ0v) is 18.3. The molecule has 1 aliphatic rings. The maximum absolute atomic E-state index is 13.5. The van der Waals surface area contributed by atoms with E-state index in [1.807, 2.05) is 43.3 Å². The van der Waals surface area contributed by atoms with Gasteiger partial charge >= 0.3 is 5.97 Å². The normalized spacial score (nSPS) is 14.9. The van der Waals surface area contributed by atoms with Crippen LogP contribution in [0.25, 0.3) is 11.3 Å². The molecule has 0 radical (unpaired) electrons. The van der Waals surface area contributed by atoms with E-state index in [0.717, 1.165) is 27.9 Å². The van der Waals surface area contributed by atoms with Gasteiger partial charge in [-0.1, -0.05) is 35.9 Å². The summed E-state index contributed by atoms with van der Waals surface area (Å²) in [5.41, 5.74) is 6.05. The number of rotatable bonds is 5.